The second-order valence-electron chi connectivity index (χ2n) is 6.89. The molecule has 0 aromatic heterocycles. The molecule has 0 spiro atoms. The predicted molar refractivity (Wildman–Crippen MR) is 79.4 cm³/mol. The van der Waals surface area contributed by atoms with Gasteiger partial charge in [-0.05, 0) is 49.7 Å². The minimum atomic E-state index is -0.156. The molecule has 3 saturated carbocycles. The van der Waals surface area contributed by atoms with E-state index in [0.717, 1.165) is 12.0 Å². The highest BCUT2D eigenvalue weighted by molar-refractivity contribution is 5.84. The van der Waals surface area contributed by atoms with E-state index >= 15 is 0 Å². The Morgan fingerprint density at radius 1 is 1.05 bits per heavy atom. The molecule has 2 nitrogen and oxygen atoms in total. The van der Waals surface area contributed by atoms with E-state index in [0.29, 0.717) is 18.0 Å². The van der Waals surface area contributed by atoms with Gasteiger partial charge >= 0.3 is 0 Å². The SMILES string of the molecule is O=C(C1CC1c1ccccc1F)N(C1CCCC1)C1CC1. The fraction of sp³-hybridized carbons (Fsp3) is 0.611. The molecular weight excluding hydrogens is 265 g/mol. The Morgan fingerprint density at radius 3 is 2.38 bits per heavy atom. The first-order chi connectivity index (χ1) is 10.3. The summed E-state index contributed by atoms with van der Waals surface area (Å²) in [6.45, 7) is 0. The van der Waals surface area contributed by atoms with Crippen molar-refractivity contribution in [3.8, 4) is 0 Å². The minimum Gasteiger partial charge on any atom is -0.336 e. The number of hydrogen-bond acceptors (Lipinski definition) is 1. The normalized spacial score (nSPS) is 28.6. The summed E-state index contributed by atoms with van der Waals surface area (Å²) in [6, 6.07) is 7.88. The van der Waals surface area contributed by atoms with Crippen LogP contribution in [0.5, 0.6) is 0 Å². The Morgan fingerprint density at radius 2 is 1.71 bits per heavy atom. The maximum absolute atomic E-state index is 13.9. The summed E-state index contributed by atoms with van der Waals surface area (Å²) in [7, 11) is 0. The molecule has 0 heterocycles. The van der Waals surface area contributed by atoms with E-state index in [4.69, 9.17) is 0 Å². The Kier molecular flexibility index (Phi) is 3.24. The lowest BCUT2D eigenvalue weighted by Gasteiger charge is -2.29. The lowest BCUT2D eigenvalue weighted by Crippen LogP contribution is -2.41. The van der Waals surface area contributed by atoms with Crippen molar-refractivity contribution in [1.29, 1.82) is 0 Å². The molecule has 3 fully saturated rings. The number of benzene rings is 1. The predicted octanol–water partition coefficient (Wildman–Crippen LogP) is 3.86. The third kappa shape index (κ3) is 2.47. The van der Waals surface area contributed by atoms with E-state index in [2.05, 4.69) is 4.90 Å². The fourth-order valence-electron chi connectivity index (χ4n) is 3.97. The van der Waals surface area contributed by atoms with E-state index < -0.39 is 0 Å². The van der Waals surface area contributed by atoms with E-state index in [9.17, 15) is 9.18 Å². The van der Waals surface area contributed by atoms with E-state index in [1.165, 1.54) is 44.6 Å². The van der Waals surface area contributed by atoms with Crippen molar-refractivity contribution in [3.05, 3.63) is 35.6 Å². The third-order valence-corrected chi connectivity index (χ3v) is 5.33. The van der Waals surface area contributed by atoms with Gasteiger partial charge in [0, 0.05) is 18.0 Å². The van der Waals surface area contributed by atoms with Crippen LogP contribution >= 0.6 is 0 Å². The quantitative estimate of drug-likeness (QED) is 0.823. The molecule has 1 aromatic rings. The van der Waals surface area contributed by atoms with Gasteiger partial charge in [0.15, 0.2) is 0 Å². The molecule has 0 N–H and O–H groups in total. The number of halogens is 1. The van der Waals surface area contributed by atoms with Gasteiger partial charge in [-0.25, -0.2) is 4.39 Å². The maximum Gasteiger partial charge on any atom is 0.226 e. The first-order valence-corrected chi connectivity index (χ1v) is 8.32. The Labute approximate surface area is 125 Å². The zero-order valence-corrected chi connectivity index (χ0v) is 12.3. The van der Waals surface area contributed by atoms with Gasteiger partial charge in [-0.1, -0.05) is 31.0 Å². The summed E-state index contributed by atoms with van der Waals surface area (Å²) < 4.78 is 13.9. The van der Waals surface area contributed by atoms with Gasteiger partial charge in [-0.3, -0.25) is 4.79 Å². The van der Waals surface area contributed by atoms with E-state index in [1.54, 1.807) is 6.07 Å². The number of carbonyl (C=O) groups excluding carboxylic acids is 1. The van der Waals surface area contributed by atoms with Crippen LogP contribution in [0.15, 0.2) is 24.3 Å². The average Bonchev–Trinajstić information content (AvgIpc) is 3.39. The van der Waals surface area contributed by atoms with Crippen molar-refractivity contribution in [2.45, 2.75) is 62.9 Å². The Hall–Kier alpha value is -1.38. The van der Waals surface area contributed by atoms with Crippen LogP contribution in [0.4, 0.5) is 4.39 Å². The highest BCUT2D eigenvalue weighted by Crippen LogP contribution is 2.51. The maximum atomic E-state index is 13.9. The number of rotatable bonds is 4. The number of hydrogen-bond donors (Lipinski definition) is 0. The summed E-state index contributed by atoms with van der Waals surface area (Å²) in [5.74, 6) is 0.291. The van der Waals surface area contributed by atoms with Crippen molar-refractivity contribution in [2.24, 2.45) is 5.92 Å². The molecule has 0 saturated heterocycles. The lowest BCUT2D eigenvalue weighted by atomic mass is 10.1. The molecule has 2 atom stereocenters. The molecule has 112 valence electrons. The van der Waals surface area contributed by atoms with Gasteiger partial charge in [0.05, 0.1) is 0 Å². The van der Waals surface area contributed by atoms with E-state index in [1.807, 2.05) is 12.1 Å². The number of nitrogens with zero attached hydrogens (tertiary/aromatic N) is 1. The molecule has 21 heavy (non-hydrogen) atoms. The first kappa shape index (κ1) is 13.3. The first-order valence-electron chi connectivity index (χ1n) is 8.32. The van der Waals surface area contributed by atoms with Crippen molar-refractivity contribution in [3.63, 3.8) is 0 Å². The van der Waals surface area contributed by atoms with Crippen LogP contribution < -0.4 is 0 Å². The monoisotopic (exact) mass is 287 g/mol. The van der Waals surface area contributed by atoms with Crippen molar-refractivity contribution in [2.75, 3.05) is 0 Å². The highest BCUT2D eigenvalue weighted by Gasteiger charge is 2.50. The van der Waals surface area contributed by atoms with Gasteiger partial charge in [-0.15, -0.1) is 0 Å². The zero-order chi connectivity index (χ0) is 14.4. The van der Waals surface area contributed by atoms with Crippen molar-refractivity contribution >= 4 is 5.91 Å². The lowest BCUT2D eigenvalue weighted by molar-refractivity contribution is -0.135. The fourth-order valence-corrected chi connectivity index (χ4v) is 3.97. The Bertz CT molecular complexity index is 548. The van der Waals surface area contributed by atoms with Gasteiger partial charge in [0.25, 0.3) is 0 Å². The van der Waals surface area contributed by atoms with Gasteiger partial charge in [-0.2, -0.15) is 0 Å². The molecule has 1 aromatic carbocycles. The smallest absolute Gasteiger partial charge is 0.226 e. The van der Waals surface area contributed by atoms with Gasteiger partial charge in [0.1, 0.15) is 5.82 Å². The molecule has 0 radical (unpaired) electrons. The van der Waals surface area contributed by atoms with E-state index in [-0.39, 0.29) is 17.7 Å². The average molecular weight is 287 g/mol. The van der Waals surface area contributed by atoms with Crippen LogP contribution in [-0.4, -0.2) is 22.9 Å². The summed E-state index contributed by atoms with van der Waals surface area (Å²) in [4.78, 5) is 15.1. The number of amides is 1. The van der Waals surface area contributed by atoms with Crippen LogP contribution in [0.1, 0.15) is 56.4 Å². The molecule has 3 aliphatic rings. The number of carbonyl (C=O) groups is 1. The van der Waals surface area contributed by atoms with Crippen LogP contribution in [0.3, 0.4) is 0 Å². The Balaban J connectivity index is 1.49. The summed E-state index contributed by atoms with van der Waals surface area (Å²) >= 11 is 0. The largest absolute Gasteiger partial charge is 0.336 e. The molecule has 3 aliphatic carbocycles. The van der Waals surface area contributed by atoms with Crippen LogP contribution in [0.2, 0.25) is 0 Å². The van der Waals surface area contributed by atoms with Crippen molar-refractivity contribution < 1.29 is 9.18 Å². The third-order valence-electron chi connectivity index (χ3n) is 5.33. The van der Waals surface area contributed by atoms with Crippen molar-refractivity contribution in [1.82, 2.24) is 4.90 Å². The van der Waals surface area contributed by atoms with Crippen LogP contribution in [-0.2, 0) is 4.79 Å². The topological polar surface area (TPSA) is 20.3 Å². The van der Waals surface area contributed by atoms with Crippen LogP contribution in [0.25, 0.3) is 0 Å². The molecule has 4 rings (SSSR count). The molecule has 1 amide bonds. The standard InChI is InChI=1S/C18H22FNO/c19-17-8-4-3-7-14(17)15-11-16(15)18(21)20(13-9-10-13)12-5-1-2-6-12/h3-4,7-8,12-13,15-16H,1-2,5-6,9-11H2. The summed E-state index contributed by atoms with van der Waals surface area (Å²) in [5.41, 5.74) is 0.734. The minimum absolute atomic E-state index is 0.0306. The molecular formula is C18H22FNO. The summed E-state index contributed by atoms with van der Waals surface area (Å²) in [6.07, 6.45) is 8.00. The second-order valence-corrected chi connectivity index (χ2v) is 6.89. The molecule has 2 unspecified atom stereocenters. The highest BCUT2D eigenvalue weighted by atomic mass is 19.1. The second kappa shape index (κ2) is 5.11. The molecule has 3 heteroatoms. The zero-order valence-electron chi connectivity index (χ0n) is 12.3. The van der Waals surface area contributed by atoms with Gasteiger partial charge in [0.2, 0.25) is 5.91 Å². The molecule has 0 bridgehead atoms. The summed E-state index contributed by atoms with van der Waals surface area (Å²) in [5, 5.41) is 0. The van der Waals surface area contributed by atoms with Crippen LogP contribution in [0, 0.1) is 11.7 Å². The van der Waals surface area contributed by atoms with Gasteiger partial charge < -0.3 is 4.90 Å². The molecule has 0 aliphatic heterocycles.